The van der Waals surface area contributed by atoms with E-state index in [0.29, 0.717) is 71.7 Å². The van der Waals surface area contributed by atoms with E-state index in [1.807, 2.05) is 83.8 Å². The van der Waals surface area contributed by atoms with Gasteiger partial charge in [0.25, 0.3) is 5.91 Å². The summed E-state index contributed by atoms with van der Waals surface area (Å²) in [4.78, 5) is 15.9. The number of fused-ring (bicyclic) bond motifs is 3. The Labute approximate surface area is 245 Å². The maximum atomic E-state index is 14.1. The standard InChI is InChI=1S/C34H33NO7/c1-37-23-9-11-28(30(20-23)39-3)34(29-12-10-24(38-2)21-31(29)40-4)14-13-26-25-8-6-5-7-22(25)19-27(32(26)42-34)33(36)35-15-17-41-18-16-35/h5-14,19-21H,15-18H2,1-4H3. The van der Waals surface area contributed by atoms with Crippen molar-refractivity contribution in [2.45, 2.75) is 5.60 Å². The molecule has 1 amide bonds. The second-order valence-corrected chi connectivity index (χ2v) is 10.1. The lowest BCUT2D eigenvalue weighted by molar-refractivity contribution is 0.0297. The molecule has 0 aliphatic carbocycles. The maximum Gasteiger partial charge on any atom is 0.257 e. The van der Waals surface area contributed by atoms with Crippen LogP contribution in [-0.2, 0) is 10.3 Å². The lowest BCUT2D eigenvalue weighted by Gasteiger charge is -2.39. The molecule has 4 aromatic carbocycles. The number of ether oxygens (including phenoxy) is 6. The first-order chi connectivity index (χ1) is 20.5. The van der Waals surface area contributed by atoms with Crippen LogP contribution in [-0.4, -0.2) is 65.5 Å². The number of nitrogens with zero attached hydrogens (tertiary/aromatic N) is 1. The average Bonchev–Trinajstić information content (AvgIpc) is 3.06. The van der Waals surface area contributed by atoms with E-state index < -0.39 is 5.60 Å². The number of morpholine rings is 1. The van der Waals surface area contributed by atoms with Crippen molar-refractivity contribution in [3.05, 3.63) is 95.1 Å². The Kier molecular flexibility index (Phi) is 7.39. The van der Waals surface area contributed by atoms with Crippen LogP contribution in [0.4, 0.5) is 0 Å². The van der Waals surface area contributed by atoms with Crippen molar-refractivity contribution in [3.63, 3.8) is 0 Å². The second-order valence-electron chi connectivity index (χ2n) is 10.1. The smallest absolute Gasteiger partial charge is 0.257 e. The number of benzene rings is 4. The summed E-state index contributed by atoms with van der Waals surface area (Å²) in [7, 11) is 6.44. The molecule has 2 aliphatic rings. The van der Waals surface area contributed by atoms with E-state index in [0.717, 1.165) is 16.3 Å². The number of hydrogen-bond donors (Lipinski definition) is 0. The van der Waals surface area contributed by atoms with E-state index in [1.54, 1.807) is 28.4 Å². The molecule has 8 nitrogen and oxygen atoms in total. The van der Waals surface area contributed by atoms with Crippen molar-refractivity contribution in [3.8, 4) is 28.7 Å². The molecule has 216 valence electrons. The minimum atomic E-state index is -1.23. The van der Waals surface area contributed by atoms with Gasteiger partial charge in [0.15, 0.2) is 5.60 Å². The van der Waals surface area contributed by atoms with Gasteiger partial charge in [0.05, 0.1) is 47.2 Å². The Morgan fingerprint density at radius 2 is 1.40 bits per heavy atom. The average molecular weight is 568 g/mol. The molecule has 8 heteroatoms. The van der Waals surface area contributed by atoms with Gasteiger partial charge >= 0.3 is 0 Å². The molecule has 1 fully saturated rings. The maximum absolute atomic E-state index is 14.1. The van der Waals surface area contributed by atoms with Gasteiger partial charge < -0.3 is 33.3 Å². The Balaban J connectivity index is 1.63. The first-order valence-corrected chi connectivity index (χ1v) is 13.8. The lowest BCUT2D eigenvalue weighted by Crippen LogP contribution is -2.41. The molecule has 0 spiro atoms. The molecule has 2 heterocycles. The molecule has 0 radical (unpaired) electrons. The SMILES string of the molecule is COc1ccc(C2(c3ccc(OC)cc3OC)C=Cc3c(c(C(=O)N4CCOCC4)cc4ccccc34)O2)c(OC)c1. The van der Waals surface area contributed by atoms with Crippen LogP contribution >= 0.6 is 0 Å². The summed E-state index contributed by atoms with van der Waals surface area (Å²) < 4.78 is 35.5. The fourth-order valence-electron chi connectivity index (χ4n) is 5.77. The topological polar surface area (TPSA) is 75.7 Å². The third kappa shape index (κ3) is 4.58. The first kappa shape index (κ1) is 27.5. The van der Waals surface area contributed by atoms with E-state index in [9.17, 15) is 4.79 Å². The minimum absolute atomic E-state index is 0.104. The van der Waals surface area contributed by atoms with Crippen LogP contribution in [0.1, 0.15) is 27.0 Å². The number of carbonyl (C=O) groups is 1. The Morgan fingerprint density at radius 1 is 0.786 bits per heavy atom. The summed E-state index contributed by atoms with van der Waals surface area (Å²) in [5.41, 5.74) is 1.52. The zero-order valence-corrected chi connectivity index (χ0v) is 24.1. The van der Waals surface area contributed by atoms with Crippen molar-refractivity contribution in [2.24, 2.45) is 0 Å². The van der Waals surface area contributed by atoms with E-state index in [1.165, 1.54) is 0 Å². The summed E-state index contributed by atoms with van der Waals surface area (Å²) in [6, 6.07) is 21.1. The van der Waals surface area contributed by atoms with Gasteiger partial charge in [-0.25, -0.2) is 0 Å². The van der Waals surface area contributed by atoms with Gasteiger partial charge in [0.1, 0.15) is 28.7 Å². The van der Waals surface area contributed by atoms with E-state index >= 15 is 0 Å². The monoisotopic (exact) mass is 567 g/mol. The van der Waals surface area contributed by atoms with E-state index in [-0.39, 0.29) is 5.91 Å². The van der Waals surface area contributed by atoms with Crippen LogP contribution in [0.5, 0.6) is 28.7 Å². The van der Waals surface area contributed by atoms with Gasteiger partial charge in [0, 0.05) is 41.9 Å². The predicted octanol–water partition coefficient (Wildman–Crippen LogP) is 5.70. The zero-order valence-electron chi connectivity index (χ0n) is 24.1. The predicted molar refractivity (Wildman–Crippen MR) is 160 cm³/mol. The van der Waals surface area contributed by atoms with Gasteiger partial charge in [-0.15, -0.1) is 0 Å². The molecule has 0 unspecified atom stereocenters. The molecule has 4 aromatic rings. The Hall–Kier alpha value is -4.69. The molecule has 0 bridgehead atoms. The van der Waals surface area contributed by atoms with Gasteiger partial charge in [-0.1, -0.05) is 24.3 Å². The fourth-order valence-corrected chi connectivity index (χ4v) is 5.77. The van der Waals surface area contributed by atoms with Gasteiger partial charge in [-0.05, 0) is 53.3 Å². The number of rotatable bonds is 7. The highest BCUT2D eigenvalue weighted by Gasteiger charge is 2.43. The molecular formula is C34H33NO7. The minimum Gasteiger partial charge on any atom is -0.497 e. The number of carbonyl (C=O) groups excluding carboxylic acids is 1. The summed E-state index contributed by atoms with van der Waals surface area (Å²) in [5, 5.41) is 1.94. The second kappa shape index (κ2) is 11.3. The molecule has 0 N–H and O–H groups in total. The van der Waals surface area contributed by atoms with Crippen molar-refractivity contribution >= 4 is 22.8 Å². The highest BCUT2D eigenvalue weighted by molar-refractivity contribution is 6.06. The number of hydrogen-bond acceptors (Lipinski definition) is 7. The fraction of sp³-hybridized carbons (Fsp3) is 0.265. The molecule has 0 saturated carbocycles. The molecule has 0 atom stereocenters. The molecule has 1 saturated heterocycles. The van der Waals surface area contributed by atoms with Crippen LogP contribution in [0.2, 0.25) is 0 Å². The first-order valence-electron chi connectivity index (χ1n) is 13.8. The normalized spacial score (nSPS) is 15.5. The zero-order chi connectivity index (χ0) is 29.3. The summed E-state index contributed by atoms with van der Waals surface area (Å²) in [6.07, 6.45) is 4.03. The van der Waals surface area contributed by atoms with Gasteiger partial charge in [-0.2, -0.15) is 0 Å². The van der Waals surface area contributed by atoms with Crippen molar-refractivity contribution in [1.29, 1.82) is 0 Å². The highest BCUT2D eigenvalue weighted by atomic mass is 16.5. The quantitative estimate of drug-likeness (QED) is 0.284. The van der Waals surface area contributed by atoms with Gasteiger partial charge in [-0.3, -0.25) is 4.79 Å². The largest absolute Gasteiger partial charge is 0.497 e. The van der Waals surface area contributed by atoms with E-state index in [4.69, 9.17) is 28.4 Å². The van der Waals surface area contributed by atoms with Crippen LogP contribution in [0.15, 0.2) is 72.8 Å². The Morgan fingerprint density at radius 3 is 2.00 bits per heavy atom. The summed E-state index contributed by atoms with van der Waals surface area (Å²) in [5.74, 6) is 2.78. The van der Waals surface area contributed by atoms with Crippen LogP contribution < -0.4 is 23.7 Å². The van der Waals surface area contributed by atoms with E-state index in [2.05, 4.69) is 0 Å². The Bertz CT molecular complexity index is 1620. The molecule has 2 aliphatic heterocycles. The third-order valence-electron chi connectivity index (χ3n) is 7.93. The number of methoxy groups -OCH3 is 4. The molecule has 42 heavy (non-hydrogen) atoms. The van der Waals surface area contributed by atoms with Crippen LogP contribution in [0.25, 0.3) is 16.8 Å². The third-order valence-corrected chi connectivity index (χ3v) is 7.93. The van der Waals surface area contributed by atoms with Crippen molar-refractivity contribution < 1.29 is 33.2 Å². The highest BCUT2D eigenvalue weighted by Crippen LogP contribution is 2.51. The number of amides is 1. The summed E-state index contributed by atoms with van der Waals surface area (Å²) >= 11 is 0. The van der Waals surface area contributed by atoms with Crippen LogP contribution in [0, 0.1) is 0 Å². The van der Waals surface area contributed by atoms with Crippen LogP contribution in [0.3, 0.4) is 0 Å². The molecule has 6 rings (SSSR count). The summed E-state index contributed by atoms with van der Waals surface area (Å²) in [6.45, 7) is 2.02. The van der Waals surface area contributed by atoms with Crippen molar-refractivity contribution in [1.82, 2.24) is 4.90 Å². The molecular weight excluding hydrogens is 534 g/mol. The lowest BCUT2D eigenvalue weighted by atomic mass is 9.81. The molecule has 0 aromatic heterocycles. The van der Waals surface area contributed by atoms with Crippen molar-refractivity contribution in [2.75, 3.05) is 54.7 Å². The van der Waals surface area contributed by atoms with Gasteiger partial charge in [0.2, 0.25) is 0 Å².